The third-order valence-corrected chi connectivity index (χ3v) is 2.42. The van der Waals surface area contributed by atoms with E-state index in [0.29, 0.717) is 17.9 Å². The Morgan fingerprint density at radius 3 is 2.47 bits per heavy atom. The van der Waals surface area contributed by atoms with E-state index in [0.717, 1.165) is 6.42 Å². The van der Waals surface area contributed by atoms with Gasteiger partial charge in [-0.1, -0.05) is 12.1 Å². The molecule has 1 atom stereocenters. The summed E-state index contributed by atoms with van der Waals surface area (Å²) in [5, 5.41) is 9.91. The van der Waals surface area contributed by atoms with E-state index in [-0.39, 0.29) is 5.75 Å². The lowest BCUT2D eigenvalue weighted by molar-refractivity contribution is -0.0498. The summed E-state index contributed by atoms with van der Waals surface area (Å²) in [7, 11) is 0. The number of rotatable bonds is 4. The second-order valence-electron chi connectivity index (χ2n) is 3.59. The number of hydrogen-bond acceptors (Lipinski definition) is 3. The molecule has 0 fully saturated rings. The van der Waals surface area contributed by atoms with Crippen molar-refractivity contribution in [3.05, 3.63) is 41.7 Å². The monoisotopic (exact) mass is 242 g/mol. The molecule has 0 saturated carbocycles. The zero-order valence-electron chi connectivity index (χ0n) is 8.98. The first kappa shape index (κ1) is 11.9. The summed E-state index contributed by atoms with van der Waals surface area (Å²) in [5.74, 6) is 0.574. The highest BCUT2D eigenvalue weighted by atomic mass is 19.3. The first-order valence-corrected chi connectivity index (χ1v) is 5.22. The molecule has 92 valence electrons. The molecule has 3 nitrogen and oxygen atoms in total. The molecule has 0 aliphatic carbocycles. The molecule has 1 aromatic carbocycles. The summed E-state index contributed by atoms with van der Waals surface area (Å²) in [4.78, 5) is 0. The Balaban J connectivity index is 2.06. The Kier molecular flexibility index (Phi) is 3.58. The number of alkyl halides is 2. The smallest absolute Gasteiger partial charge is 0.387 e. The maximum Gasteiger partial charge on any atom is 0.387 e. The van der Waals surface area contributed by atoms with Crippen molar-refractivity contribution in [2.75, 3.05) is 6.61 Å². The van der Waals surface area contributed by atoms with E-state index in [4.69, 9.17) is 4.74 Å². The molecule has 0 saturated heterocycles. The highest BCUT2D eigenvalue weighted by Gasteiger charge is 2.18. The average molecular weight is 242 g/mol. The Labute approximate surface area is 97.3 Å². The normalized spacial score (nSPS) is 16.6. The van der Waals surface area contributed by atoms with E-state index in [1.54, 1.807) is 0 Å². The van der Waals surface area contributed by atoms with Gasteiger partial charge in [0.2, 0.25) is 0 Å². The van der Waals surface area contributed by atoms with Gasteiger partial charge in [0.25, 0.3) is 0 Å². The minimum absolute atomic E-state index is 0.0669. The van der Waals surface area contributed by atoms with E-state index >= 15 is 0 Å². The number of halogens is 2. The van der Waals surface area contributed by atoms with Crippen molar-refractivity contribution in [3.63, 3.8) is 0 Å². The summed E-state index contributed by atoms with van der Waals surface area (Å²) in [6.45, 7) is -2.27. The maximum absolute atomic E-state index is 11.9. The van der Waals surface area contributed by atoms with E-state index in [1.165, 1.54) is 24.3 Å². The van der Waals surface area contributed by atoms with Gasteiger partial charge in [-0.25, -0.2) is 0 Å². The van der Waals surface area contributed by atoms with Gasteiger partial charge in [-0.15, -0.1) is 0 Å². The molecule has 1 unspecified atom stereocenters. The van der Waals surface area contributed by atoms with Crippen LogP contribution >= 0.6 is 0 Å². The van der Waals surface area contributed by atoms with E-state index in [1.807, 2.05) is 6.08 Å². The van der Waals surface area contributed by atoms with Crippen molar-refractivity contribution >= 4 is 0 Å². The average Bonchev–Trinajstić information content (AvgIpc) is 2.82. The van der Waals surface area contributed by atoms with Crippen LogP contribution in [0.1, 0.15) is 18.1 Å². The molecule has 2 rings (SSSR count). The van der Waals surface area contributed by atoms with E-state index in [2.05, 4.69) is 4.74 Å². The molecule has 0 amide bonds. The van der Waals surface area contributed by atoms with Gasteiger partial charge >= 0.3 is 6.61 Å². The molecule has 5 heteroatoms. The first-order chi connectivity index (χ1) is 8.16. The van der Waals surface area contributed by atoms with Crippen LogP contribution in [0.4, 0.5) is 8.78 Å². The van der Waals surface area contributed by atoms with Crippen LogP contribution in [0.25, 0.3) is 0 Å². The van der Waals surface area contributed by atoms with Gasteiger partial charge in [0.15, 0.2) is 0 Å². The maximum atomic E-state index is 11.9. The van der Waals surface area contributed by atoms with Crippen molar-refractivity contribution in [3.8, 4) is 5.75 Å². The minimum atomic E-state index is -2.84. The molecule has 0 bridgehead atoms. The fraction of sp³-hybridized carbons (Fsp3) is 0.333. The van der Waals surface area contributed by atoms with Crippen molar-refractivity contribution in [2.45, 2.75) is 19.1 Å². The Hall–Kier alpha value is -1.62. The predicted molar refractivity (Wildman–Crippen MR) is 56.7 cm³/mol. The van der Waals surface area contributed by atoms with Gasteiger partial charge in [-0.2, -0.15) is 8.78 Å². The van der Waals surface area contributed by atoms with Crippen molar-refractivity contribution in [1.82, 2.24) is 0 Å². The lowest BCUT2D eigenvalue weighted by Gasteiger charge is -2.13. The molecule has 1 N–H and O–H groups in total. The van der Waals surface area contributed by atoms with Crippen LogP contribution in [0.2, 0.25) is 0 Å². The highest BCUT2D eigenvalue weighted by Crippen LogP contribution is 2.27. The number of ether oxygens (including phenoxy) is 2. The first-order valence-electron chi connectivity index (χ1n) is 5.22. The summed E-state index contributed by atoms with van der Waals surface area (Å²) in [5.41, 5.74) is 0.583. The van der Waals surface area contributed by atoms with Crippen molar-refractivity contribution in [2.24, 2.45) is 0 Å². The summed E-state index contributed by atoms with van der Waals surface area (Å²) >= 11 is 0. The molecule has 1 aliphatic heterocycles. The molecular formula is C12H12F2O3. The molecule has 1 heterocycles. The zero-order valence-corrected chi connectivity index (χ0v) is 8.98. The van der Waals surface area contributed by atoms with Crippen LogP contribution in [-0.4, -0.2) is 18.3 Å². The molecule has 17 heavy (non-hydrogen) atoms. The van der Waals surface area contributed by atoms with Crippen LogP contribution < -0.4 is 4.74 Å². The SMILES string of the molecule is OC(C1=CCCO1)c1ccc(OC(F)F)cc1. The molecule has 1 aliphatic rings. The molecular weight excluding hydrogens is 230 g/mol. The second-order valence-corrected chi connectivity index (χ2v) is 3.59. The molecule has 0 spiro atoms. The lowest BCUT2D eigenvalue weighted by Crippen LogP contribution is -2.04. The van der Waals surface area contributed by atoms with Gasteiger partial charge in [-0.05, 0) is 23.8 Å². The van der Waals surface area contributed by atoms with Crippen LogP contribution in [0, 0.1) is 0 Å². The number of aliphatic hydroxyl groups excluding tert-OH is 1. The number of aliphatic hydroxyl groups is 1. The van der Waals surface area contributed by atoms with Gasteiger partial charge < -0.3 is 14.6 Å². The second kappa shape index (κ2) is 5.14. The van der Waals surface area contributed by atoms with Crippen molar-refractivity contribution in [1.29, 1.82) is 0 Å². The Morgan fingerprint density at radius 1 is 1.24 bits per heavy atom. The number of hydrogen-bond donors (Lipinski definition) is 1. The Morgan fingerprint density at radius 2 is 1.94 bits per heavy atom. The number of benzene rings is 1. The predicted octanol–water partition coefficient (Wildman–Crippen LogP) is 2.63. The standard InChI is InChI=1S/C12H12F2O3/c13-12(14)17-9-5-3-8(4-6-9)11(15)10-2-1-7-16-10/h2-6,11-12,15H,1,7H2. The van der Waals surface area contributed by atoms with Crippen LogP contribution in [0.5, 0.6) is 5.75 Å². The summed E-state index contributed by atoms with van der Waals surface area (Å²) < 4.78 is 33.3. The third-order valence-electron chi connectivity index (χ3n) is 2.42. The van der Waals surface area contributed by atoms with Gasteiger partial charge in [0.1, 0.15) is 17.6 Å². The molecule has 0 radical (unpaired) electrons. The Bertz CT molecular complexity index is 401. The van der Waals surface area contributed by atoms with Gasteiger partial charge in [-0.3, -0.25) is 0 Å². The summed E-state index contributed by atoms with van der Waals surface area (Å²) in [6, 6.07) is 5.84. The fourth-order valence-electron chi connectivity index (χ4n) is 1.62. The van der Waals surface area contributed by atoms with Crippen LogP contribution in [0.15, 0.2) is 36.1 Å². The zero-order chi connectivity index (χ0) is 12.3. The van der Waals surface area contributed by atoms with Crippen LogP contribution in [-0.2, 0) is 4.74 Å². The largest absolute Gasteiger partial charge is 0.495 e. The highest BCUT2D eigenvalue weighted by molar-refractivity contribution is 5.31. The van der Waals surface area contributed by atoms with E-state index < -0.39 is 12.7 Å². The van der Waals surface area contributed by atoms with Gasteiger partial charge in [0.05, 0.1) is 6.61 Å². The van der Waals surface area contributed by atoms with Crippen LogP contribution in [0.3, 0.4) is 0 Å². The third kappa shape index (κ3) is 2.94. The molecule has 1 aromatic rings. The lowest BCUT2D eigenvalue weighted by atomic mass is 10.1. The van der Waals surface area contributed by atoms with Crippen molar-refractivity contribution < 1.29 is 23.4 Å². The van der Waals surface area contributed by atoms with Gasteiger partial charge in [0, 0.05) is 6.42 Å². The molecule has 0 aromatic heterocycles. The minimum Gasteiger partial charge on any atom is -0.495 e. The topological polar surface area (TPSA) is 38.7 Å². The quantitative estimate of drug-likeness (QED) is 0.882. The summed E-state index contributed by atoms with van der Waals surface area (Å²) in [6.07, 6.45) is 1.74. The fourth-order valence-corrected chi connectivity index (χ4v) is 1.62. The van der Waals surface area contributed by atoms with E-state index in [9.17, 15) is 13.9 Å².